The van der Waals surface area contributed by atoms with Gasteiger partial charge in [0.25, 0.3) is 10.0 Å². The number of carbonyl (C=O) groups is 1. The van der Waals surface area contributed by atoms with Gasteiger partial charge in [0.15, 0.2) is 5.69 Å². The van der Waals surface area contributed by atoms with Crippen molar-refractivity contribution in [1.82, 2.24) is 14.1 Å². The zero-order valence-electron chi connectivity index (χ0n) is 15.3. The molecule has 0 radical (unpaired) electrons. The lowest BCUT2D eigenvalue weighted by Gasteiger charge is -2.34. The minimum Gasteiger partial charge on any atom is -0.476 e. The number of likely N-dealkylation sites (N-methyl/N-ethyl adjacent to an activating group) is 1. The standard InChI is InChI=1S/C19H20N4O4S/c1-21-9-11-22(12-10-21)14-7-8-16-17(13-14)23(20-18(16)19(24)25)28(26,27)15-5-3-2-4-6-15/h2-8,13H,9-12H2,1H3,(H,24,25). The van der Waals surface area contributed by atoms with E-state index in [2.05, 4.69) is 21.9 Å². The Kier molecular flexibility index (Phi) is 4.56. The Hall–Kier alpha value is -2.91. The lowest BCUT2D eigenvalue weighted by molar-refractivity contribution is 0.0692. The Bertz CT molecular complexity index is 1130. The van der Waals surface area contributed by atoms with Crippen molar-refractivity contribution in [2.24, 2.45) is 0 Å². The number of anilines is 1. The predicted octanol–water partition coefficient (Wildman–Crippen LogP) is 1.72. The third-order valence-corrected chi connectivity index (χ3v) is 6.57. The number of fused-ring (bicyclic) bond motifs is 1. The molecular weight excluding hydrogens is 380 g/mol. The van der Waals surface area contributed by atoms with Crippen LogP contribution in [0.2, 0.25) is 0 Å². The van der Waals surface area contributed by atoms with E-state index in [0.717, 1.165) is 36.0 Å². The van der Waals surface area contributed by atoms with E-state index in [-0.39, 0.29) is 16.1 Å². The van der Waals surface area contributed by atoms with Crippen molar-refractivity contribution in [2.45, 2.75) is 4.90 Å². The maximum absolute atomic E-state index is 13.1. The van der Waals surface area contributed by atoms with Crippen LogP contribution in [0.5, 0.6) is 0 Å². The summed E-state index contributed by atoms with van der Waals surface area (Å²) >= 11 is 0. The number of nitrogens with zero attached hydrogens (tertiary/aromatic N) is 4. The highest BCUT2D eigenvalue weighted by molar-refractivity contribution is 7.90. The highest BCUT2D eigenvalue weighted by Crippen LogP contribution is 2.28. The van der Waals surface area contributed by atoms with Crippen molar-refractivity contribution in [2.75, 3.05) is 38.1 Å². The van der Waals surface area contributed by atoms with Gasteiger partial charge in [-0.15, -0.1) is 5.10 Å². The summed E-state index contributed by atoms with van der Waals surface area (Å²) in [6.45, 7) is 3.43. The van der Waals surface area contributed by atoms with Gasteiger partial charge in [-0.2, -0.15) is 12.5 Å². The fourth-order valence-corrected chi connectivity index (χ4v) is 4.67. The van der Waals surface area contributed by atoms with Crippen LogP contribution in [-0.2, 0) is 10.0 Å². The van der Waals surface area contributed by atoms with Gasteiger partial charge in [-0.3, -0.25) is 0 Å². The van der Waals surface area contributed by atoms with Crippen LogP contribution in [0, 0.1) is 0 Å². The van der Waals surface area contributed by atoms with E-state index >= 15 is 0 Å². The molecule has 1 aliphatic rings. The molecule has 1 saturated heterocycles. The Labute approximate surface area is 162 Å². The number of aromatic carboxylic acids is 1. The van der Waals surface area contributed by atoms with Gasteiger partial charge in [0, 0.05) is 37.3 Å². The van der Waals surface area contributed by atoms with Crippen molar-refractivity contribution < 1.29 is 18.3 Å². The van der Waals surface area contributed by atoms with Crippen LogP contribution in [0.3, 0.4) is 0 Å². The first kappa shape index (κ1) is 18.5. The van der Waals surface area contributed by atoms with Crippen molar-refractivity contribution in [3.63, 3.8) is 0 Å². The molecule has 1 aliphatic heterocycles. The SMILES string of the molecule is CN1CCN(c2ccc3c(C(=O)O)nn(S(=O)(=O)c4ccccc4)c3c2)CC1. The maximum atomic E-state index is 13.1. The highest BCUT2D eigenvalue weighted by Gasteiger charge is 2.26. The second kappa shape index (κ2) is 6.92. The number of carboxylic acids is 1. The van der Waals surface area contributed by atoms with Crippen LogP contribution in [-0.4, -0.2) is 66.8 Å². The molecule has 146 valence electrons. The first-order valence-electron chi connectivity index (χ1n) is 8.88. The largest absolute Gasteiger partial charge is 0.476 e. The van der Waals surface area contributed by atoms with Crippen molar-refractivity contribution in [3.05, 3.63) is 54.2 Å². The van der Waals surface area contributed by atoms with Gasteiger partial charge >= 0.3 is 5.97 Å². The molecule has 1 N–H and O–H groups in total. The van der Waals surface area contributed by atoms with Gasteiger partial charge in [-0.1, -0.05) is 18.2 Å². The van der Waals surface area contributed by atoms with Gasteiger partial charge in [0.1, 0.15) is 0 Å². The molecule has 0 spiro atoms. The summed E-state index contributed by atoms with van der Waals surface area (Å²) in [5.41, 5.74) is 0.832. The Morgan fingerprint density at radius 3 is 2.36 bits per heavy atom. The number of benzene rings is 2. The van der Waals surface area contributed by atoms with Crippen molar-refractivity contribution >= 4 is 32.6 Å². The molecule has 0 atom stereocenters. The van der Waals surface area contributed by atoms with Gasteiger partial charge in [-0.05, 0) is 37.4 Å². The molecule has 1 fully saturated rings. The van der Waals surface area contributed by atoms with E-state index in [4.69, 9.17) is 0 Å². The third-order valence-electron chi connectivity index (χ3n) is 4.97. The summed E-state index contributed by atoms with van der Waals surface area (Å²) < 4.78 is 27.0. The maximum Gasteiger partial charge on any atom is 0.357 e. The average Bonchev–Trinajstić information content (AvgIpc) is 3.09. The molecule has 2 aromatic carbocycles. The van der Waals surface area contributed by atoms with E-state index in [1.807, 2.05) is 6.07 Å². The molecule has 0 amide bonds. The molecule has 0 unspecified atom stereocenters. The number of hydrogen-bond acceptors (Lipinski definition) is 6. The normalized spacial score (nSPS) is 15.8. The Morgan fingerprint density at radius 1 is 1.04 bits per heavy atom. The fourth-order valence-electron chi connectivity index (χ4n) is 3.37. The van der Waals surface area contributed by atoms with Crippen LogP contribution in [0.1, 0.15) is 10.5 Å². The summed E-state index contributed by atoms with van der Waals surface area (Å²) in [4.78, 5) is 16.1. The van der Waals surface area contributed by atoms with Crippen LogP contribution in [0.25, 0.3) is 10.9 Å². The monoisotopic (exact) mass is 400 g/mol. The number of rotatable bonds is 4. The first-order chi connectivity index (χ1) is 13.4. The van der Waals surface area contributed by atoms with E-state index in [0.29, 0.717) is 5.39 Å². The highest BCUT2D eigenvalue weighted by atomic mass is 32.2. The van der Waals surface area contributed by atoms with Crippen LogP contribution in [0.4, 0.5) is 5.69 Å². The second-order valence-electron chi connectivity index (χ2n) is 6.81. The summed E-state index contributed by atoms with van der Waals surface area (Å²) in [5.74, 6) is -1.26. The predicted molar refractivity (Wildman–Crippen MR) is 105 cm³/mol. The van der Waals surface area contributed by atoms with Gasteiger partial charge in [0.05, 0.1) is 10.4 Å². The lowest BCUT2D eigenvalue weighted by atomic mass is 10.1. The zero-order valence-corrected chi connectivity index (χ0v) is 16.1. The fraction of sp³-hybridized carbons (Fsp3) is 0.263. The molecule has 1 aromatic heterocycles. The minimum atomic E-state index is -4.02. The smallest absolute Gasteiger partial charge is 0.357 e. The molecular formula is C19H20N4O4S. The molecule has 0 aliphatic carbocycles. The van der Waals surface area contributed by atoms with E-state index in [1.165, 1.54) is 12.1 Å². The van der Waals surface area contributed by atoms with E-state index < -0.39 is 16.0 Å². The van der Waals surface area contributed by atoms with Crippen LogP contribution >= 0.6 is 0 Å². The summed E-state index contributed by atoms with van der Waals surface area (Å²) in [7, 11) is -1.96. The topological polar surface area (TPSA) is 95.7 Å². The van der Waals surface area contributed by atoms with E-state index in [1.54, 1.807) is 30.3 Å². The molecule has 2 heterocycles. The average molecular weight is 400 g/mol. The number of carboxylic acid groups (broad SMARTS) is 1. The molecule has 28 heavy (non-hydrogen) atoms. The minimum absolute atomic E-state index is 0.0568. The molecule has 8 nitrogen and oxygen atoms in total. The molecule has 3 aromatic rings. The molecule has 0 saturated carbocycles. The summed E-state index contributed by atoms with van der Waals surface area (Å²) in [6.07, 6.45) is 0. The summed E-state index contributed by atoms with van der Waals surface area (Å²) in [6, 6.07) is 13.0. The quantitative estimate of drug-likeness (QED) is 0.712. The summed E-state index contributed by atoms with van der Waals surface area (Å²) in [5, 5.41) is 13.7. The van der Waals surface area contributed by atoms with Gasteiger partial charge < -0.3 is 14.9 Å². The lowest BCUT2D eigenvalue weighted by Crippen LogP contribution is -2.44. The first-order valence-corrected chi connectivity index (χ1v) is 10.3. The Balaban J connectivity index is 1.88. The van der Waals surface area contributed by atoms with Gasteiger partial charge in [0.2, 0.25) is 0 Å². The molecule has 4 rings (SSSR count). The Morgan fingerprint density at radius 2 is 1.71 bits per heavy atom. The number of aromatic nitrogens is 2. The molecule has 0 bridgehead atoms. The van der Waals surface area contributed by atoms with Crippen molar-refractivity contribution in [3.8, 4) is 0 Å². The second-order valence-corrected chi connectivity index (χ2v) is 8.57. The van der Waals surface area contributed by atoms with Crippen LogP contribution < -0.4 is 4.90 Å². The van der Waals surface area contributed by atoms with Gasteiger partial charge in [-0.25, -0.2) is 4.79 Å². The molecule has 9 heteroatoms. The number of hydrogen-bond donors (Lipinski definition) is 1. The van der Waals surface area contributed by atoms with Crippen molar-refractivity contribution in [1.29, 1.82) is 0 Å². The van der Waals surface area contributed by atoms with Crippen LogP contribution in [0.15, 0.2) is 53.4 Å². The number of piperazine rings is 1. The third kappa shape index (κ3) is 3.12. The zero-order chi connectivity index (χ0) is 19.9. The van der Waals surface area contributed by atoms with E-state index in [9.17, 15) is 18.3 Å².